The lowest BCUT2D eigenvalue weighted by molar-refractivity contribution is -0.385. The second-order valence-electron chi connectivity index (χ2n) is 6.68. The molecule has 3 rings (SSSR count). The summed E-state index contributed by atoms with van der Waals surface area (Å²) in [6.45, 7) is 5.40. The van der Waals surface area contributed by atoms with Crippen molar-refractivity contribution in [1.82, 2.24) is 9.80 Å². The smallest absolute Gasteiger partial charge is 0.414 e. The van der Waals surface area contributed by atoms with Crippen molar-refractivity contribution in [2.75, 3.05) is 26.2 Å². The number of nitro benzene ring substituents is 1. The Hall–Kier alpha value is -2.82. The lowest BCUT2D eigenvalue weighted by Crippen LogP contribution is -2.45. The van der Waals surface area contributed by atoms with Gasteiger partial charge in [-0.3, -0.25) is 19.9 Å². The van der Waals surface area contributed by atoms with Gasteiger partial charge in [-0.05, 0) is 17.7 Å². The molecule has 0 saturated carbocycles. The number of aliphatic carboxylic acids is 2. The summed E-state index contributed by atoms with van der Waals surface area (Å²) < 4.78 is 1.11. The molecule has 1 heterocycles. The molecule has 2 N–H and O–H groups in total. The summed E-state index contributed by atoms with van der Waals surface area (Å²) in [6.07, 6.45) is 0. The van der Waals surface area contributed by atoms with Crippen LogP contribution in [0.2, 0.25) is 0 Å². The molecular formula is C20H22BrN3O6. The Morgan fingerprint density at radius 3 is 2.03 bits per heavy atom. The van der Waals surface area contributed by atoms with E-state index in [1.807, 2.05) is 18.2 Å². The Labute approximate surface area is 181 Å². The molecule has 1 saturated heterocycles. The molecule has 0 aromatic heterocycles. The zero-order valence-corrected chi connectivity index (χ0v) is 17.7. The van der Waals surface area contributed by atoms with Crippen LogP contribution in [0, 0.1) is 10.1 Å². The molecule has 2 aromatic carbocycles. The number of rotatable bonds is 5. The summed E-state index contributed by atoms with van der Waals surface area (Å²) in [4.78, 5) is 33.7. The van der Waals surface area contributed by atoms with Gasteiger partial charge in [-0.2, -0.15) is 0 Å². The molecule has 9 nitrogen and oxygen atoms in total. The Morgan fingerprint density at radius 1 is 0.933 bits per heavy atom. The van der Waals surface area contributed by atoms with Crippen LogP contribution in [0.25, 0.3) is 0 Å². The minimum Gasteiger partial charge on any atom is -0.473 e. The number of para-hydroxylation sites is 1. The van der Waals surface area contributed by atoms with E-state index in [0.717, 1.165) is 42.8 Å². The van der Waals surface area contributed by atoms with E-state index in [-0.39, 0.29) is 10.6 Å². The first-order valence-electron chi connectivity index (χ1n) is 9.14. The fourth-order valence-electron chi connectivity index (χ4n) is 3.06. The highest BCUT2D eigenvalue weighted by molar-refractivity contribution is 9.10. The zero-order chi connectivity index (χ0) is 22.1. The van der Waals surface area contributed by atoms with E-state index in [2.05, 4.69) is 43.9 Å². The van der Waals surface area contributed by atoms with Crippen molar-refractivity contribution in [2.24, 2.45) is 0 Å². The summed E-state index contributed by atoms with van der Waals surface area (Å²) in [5, 5.41) is 25.9. The Bertz CT molecular complexity index is 888. The van der Waals surface area contributed by atoms with Crippen LogP contribution >= 0.6 is 15.9 Å². The van der Waals surface area contributed by atoms with Crippen molar-refractivity contribution < 1.29 is 24.7 Å². The summed E-state index contributed by atoms with van der Waals surface area (Å²) in [7, 11) is 0. The Kier molecular flexibility index (Phi) is 8.90. The predicted molar refractivity (Wildman–Crippen MR) is 113 cm³/mol. The number of hydrogen-bond donors (Lipinski definition) is 2. The first-order chi connectivity index (χ1) is 14.3. The first-order valence-corrected chi connectivity index (χ1v) is 9.93. The van der Waals surface area contributed by atoms with Crippen LogP contribution in [0.1, 0.15) is 11.1 Å². The number of piperazine rings is 1. The van der Waals surface area contributed by atoms with E-state index in [4.69, 9.17) is 19.8 Å². The summed E-state index contributed by atoms with van der Waals surface area (Å²) >= 11 is 3.51. The number of nitrogens with zero attached hydrogens (tertiary/aromatic N) is 3. The van der Waals surface area contributed by atoms with Crippen molar-refractivity contribution in [3.05, 3.63) is 74.2 Å². The van der Waals surface area contributed by atoms with E-state index in [1.54, 1.807) is 12.1 Å². The molecule has 0 bridgehead atoms. The molecule has 10 heteroatoms. The van der Waals surface area contributed by atoms with Crippen LogP contribution in [-0.2, 0) is 22.7 Å². The third-order valence-corrected chi connectivity index (χ3v) is 5.02. The lowest BCUT2D eigenvalue weighted by atomic mass is 10.1. The number of carboxylic acids is 2. The topological polar surface area (TPSA) is 124 Å². The number of nitro groups is 1. The normalized spacial score (nSPS) is 14.4. The van der Waals surface area contributed by atoms with Crippen LogP contribution in [0.15, 0.2) is 53.0 Å². The summed E-state index contributed by atoms with van der Waals surface area (Å²) in [5.74, 6) is -3.65. The van der Waals surface area contributed by atoms with Gasteiger partial charge in [0.05, 0.1) is 4.92 Å². The van der Waals surface area contributed by atoms with Crippen molar-refractivity contribution in [3.8, 4) is 0 Å². The van der Waals surface area contributed by atoms with Gasteiger partial charge in [-0.15, -0.1) is 0 Å². The van der Waals surface area contributed by atoms with E-state index in [1.165, 1.54) is 5.56 Å². The van der Waals surface area contributed by atoms with Gasteiger partial charge in [0.15, 0.2) is 0 Å². The molecule has 1 fully saturated rings. The third-order valence-electron chi connectivity index (χ3n) is 4.53. The molecule has 1 aliphatic heterocycles. The van der Waals surface area contributed by atoms with Gasteiger partial charge in [0.1, 0.15) is 0 Å². The Balaban J connectivity index is 0.000000469. The second kappa shape index (κ2) is 11.4. The molecule has 2 aromatic rings. The number of halogens is 1. The zero-order valence-electron chi connectivity index (χ0n) is 16.1. The summed E-state index contributed by atoms with van der Waals surface area (Å²) in [5.41, 5.74) is 2.31. The van der Waals surface area contributed by atoms with Crippen LogP contribution in [0.4, 0.5) is 5.69 Å². The number of carbonyl (C=O) groups is 2. The summed E-state index contributed by atoms with van der Waals surface area (Å²) in [6, 6.07) is 15.4. The lowest BCUT2D eigenvalue weighted by Gasteiger charge is -2.34. The highest BCUT2D eigenvalue weighted by Gasteiger charge is 2.20. The van der Waals surface area contributed by atoms with Crippen molar-refractivity contribution in [3.63, 3.8) is 0 Å². The quantitative estimate of drug-likeness (QED) is 0.381. The second-order valence-corrected chi connectivity index (χ2v) is 7.59. The van der Waals surface area contributed by atoms with E-state index in [9.17, 15) is 10.1 Å². The van der Waals surface area contributed by atoms with Gasteiger partial charge in [-0.1, -0.05) is 46.3 Å². The van der Waals surface area contributed by atoms with Crippen LogP contribution in [-0.4, -0.2) is 63.1 Å². The molecule has 0 spiro atoms. The molecule has 1 aliphatic rings. The Morgan fingerprint density at radius 2 is 1.50 bits per heavy atom. The fraction of sp³-hybridized carbons (Fsp3) is 0.300. The number of benzene rings is 2. The minimum atomic E-state index is -1.82. The molecular weight excluding hydrogens is 458 g/mol. The van der Waals surface area contributed by atoms with Crippen LogP contribution in [0.3, 0.4) is 0 Å². The molecule has 30 heavy (non-hydrogen) atoms. The molecule has 0 atom stereocenters. The highest BCUT2D eigenvalue weighted by atomic mass is 79.9. The SMILES string of the molecule is O=C(O)C(=O)O.O=[N+]([O-])c1ccccc1CN1CCN(Cc2cccc(Br)c2)CC1. The highest BCUT2D eigenvalue weighted by Crippen LogP contribution is 2.21. The molecule has 0 radical (unpaired) electrons. The largest absolute Gasteiger partial charge is 0.473 e. The molecule has 0 aliphatic carbocycles. The number of hydrogen-bond acceptors (Lipinski definition) is 6. The third kappa shape index (κ3) is 7.54. The number of carboxylic acid groups (broad SMARTS) is 2. The van der Waals surface area contributed by atoms with E-state index < -0.39 is 11.9 Å². The van der Waals surface area contributed by atoms with E-state index in [0.29, 0.717) is 6.54 Å². The van der Waals surface area contributed by atoms with Crippen molar-refractivity contribution in [2.45, 2.75) is 13.1 Å². The van der Waals surface area contributed by atoms with Crippen molar-refractivity contribution in [1.29, 1.82) is 0 Å². The van der Waals surface area contributed by atoms with Gasteiger partial charge in [0.25, 0.3) is 5.69 Å². The van der Waals surface area contributed by atoms with Gasteiger partial charge >= 0.3 is 11.9 Å². The monoisotopic (exact) mass is 479 g/mol. The molecule has 160 valence electrons. The van der Waals surface area contributed by atoms with Gasteiger partial charge in [-0.25, -0.2) is 9.59 Å². The molecule has 0 amide bonds. The average molecular weight is 480 g/mol. The maximum absolute atomic E-state index is 11.1. The van der Waals surface area contributed by atoms with Crippen LogP contribution in [0.5, 0.6) is 0 Å². The maximum atomic E-state index is 11.1. The minimum absolute atomic E-state index is 0.217. The fourth-order valence-corrected chi connectivity index (χ4v) is 3.51. The van der Waals surface area contributed by atoms with E-state index >= 15 is 0 Å². The first kappa shape index (κ1) is 23.5. The van der Waals surface area contributed by atoms with Crippen molar-refractivity contribution >= 4 is 33.6 Å². The van der Waals surface area contributed by atoms with Gasteiger partial charge in [0, 0.05) is 55.4 Å². The van der Waals surface area contributed by atoms with Gasteiger partial charge < -0.3 is 10.2 Å². The predicted octanol–water partition coefficient (Wildman–Crippen LogP) is 2.83. The average Bonchev–Trinajstić information content (AvgIpc) is 2.70. The molecule has 0 unspecified atom stereocenters. The van der Waals surface area contributed by atoms with Crippen LogP contribution < -0.4 is 0 Å². The standard InChI is InChI=1S/C18H20BrN3O2.C2H2O4/c19-17-6-3-4-15(12-17)13-20-8-10-21(11-9-20)14-16-5-1-2-7-18(16)22(23)24;3-1(4)2(5)6/h1-7,12H,8-11,13-14H2;(H,3,4)(H,5,6). The van der Waals surface area contributed by atoms with Gasteiger partial charge in [0.2, 0.25) is 0 Å². The maximum Gasteiger partial charge on any atom is 0.414 e.